The Labute approximate surface area is 117 Å². The van der Waals surface area contributed by atoms with Crippen LogP contribution in [0, 0.1) is 11.7 Å². The van der Waals surface area contributed by atoms with Gasteiger partial charge in [0.05, 0.1) is 11.5 Å². The highest BCUT2D eigenvalue weighted by atomic mass is 19.1. The summed E-state index contributed by atoms with van der Waals surface area (Å²) in [6.45, 7) is 3.97. The Balaban J connectivity index is 1.88. The molecule has 2 N–H and O–H groups in total. The van der Waals surface area contributed by atoms with Crippen molar-refractivity contribution in [3.05, 3.63) is 47.4 Å². The van der Waals surface area contributed by atoms with Crippen molar-refractivity contribution in [1.29, 1.82) is 0 Å². The summed E-state index contributed by atoms with van der Waals surface area (Å²) in [5.74, 6) is 1.29. The third kappa shape index (κ3) is 2.33. The van der Waals surface area contributed by atoms with Crippen molar-refractivity contribution >= 4 is 0 Å². The van der Waals surface area contributed by atoms with E-state index in [0.29, 0.717) is 17.6 Å². The topological polar surface area (TPSA) is 64.9 Å². The zero-order valence-electron chi connectivity index (χ0n) is 11.6. The first-order valence-electron chi connectivity index (χ1n) is 6.84. The highest BCUT2D eigenvalue weighted by Crippen LogP contribution is 2.39. The summed E-state index contributed by atoms with van der Waals surface area (Å²) < 4.78 is 18.3. The lowest BCUT2D eigenvalue weighted by molar-refractivity contribution is 0.336. The first kappa shape index (κ1) is 13.2. The van der Waals surface area contributed by atoms with Crippen LogP contribution in [0.2, 0.25) is 0 Å². The van der Waals surface area contributed by atoms with Gasteiger partial charge in [-0.1, -0.05) is 17.3 Å². The average Bonchev–Trinajstić information content (AvgIpc) is 3.14. The van der Waals surface area contributed by atoms with Crippen LogP contribution in [0.3, 0.4) is 0 Å². The van der Waals surface area contributed by atoms with Gasteiger partial charge in [0.15, 0.2) is 5.82 Å². The Bertz CT molecular complexity index is 602. The predicted molar refractivity (Wildman–Crippen MR) is 72.5 cm³/mol. The van der Waals surface area contributed by atoms with Crippen LogP contribution in [0.1, 0.15) is 50.0 Å². The molecule has 1 aromatic heterocycles. The number of hydrogen-bond donors (Lipinski definition) is 1. The molecule has 0 aliphatic heterocycles. The number of halogens is 1. The number of nitrogens with two attached hydrogens (primary N) is 1. The minimum absolute atomic E-state index is 0.166. The van der Waals surface area contributed by atoms with E-state index < -0.39 is 5.41 Å². The van der Waals surface area contributed by atoms with Gasteiger partial charge in [0.1, 0.15) is 5.82 Å². The molecule has 0 amide bonds. The van der Waals surface area contributed by atoms with Gasteiger partial charge >= 0.3 is 0 Å². The predicted octanol–water partition coefficient (Wildman–Crippen LogP) is 2.94. The Morgan fingerprint density at radius 1 is 1.30 bits per heavy atom. The molecule has 1 unspecified atom stereocenters. The summed E-state index contributed by atoms with van der Waals surface area (Å²) in [6, 6.07) is 6.20. The maximum atomic E-state index is 13.0. The average molecular weight is 275 g/mol. The molecule has 20 heavy (non-hydrogen) atoms. The molecular weight excluding hydrogens is 257 g/mol. The van der Waals surface area contributed by atoms with Crippen LogP contribution in [-0.4, -0.2) is 10.1 Å². The number of rotatable bonds is 4. The van der Waals surface area contributed by atoms with Crippen LogP contribution in [0.15, 0.2) is 28.8 Å². The van der Waals surface area contributed by atoms with Crippen molar-refractivity contribution in [2.24, 2.45) is 11.7 Å². The quantitative estimate of drug-likeness (QED) is 0.931. The second-order valence-corrected chi connectivity index (χ2v) is 5.95. The molecule has 0 spiro atoms. The SMILES string of the molecule is CC(C)(c1ccc(F)cc1)c1noc(C(N)C2CC2)n1. The molecule has 5 heteroatoms. The highest BCUT2D eigenvalue weighted by molar-refractivity contribution is 5.30. The molecule has 1 aromatic carbocycles. The first-order valence-corrected chi connectivity index (χ1v) is 6.84. The van der Waals surface area contributed by atoms with Gasteiger partial charge < -0.3 is 10.3 Å². The standard InChI is InChI=1S/C15H18FN3O/c1-15(2,10-5-7-11(16)8-6-10)14-18-13(20-19-14)12(17)9-3-4-9/h5-9,12H,3-4,17H2,1-2H3. The summed E-state index contributed by atoms with van der Waals surface area (Å²) in [5, 5.41) is 4.06. The van der Waals surface area contributed by atoms with Crippen molar-refractivity contribution < 1.29 is 8.91 Å². The van der Waals surface area contributed by atoms with Gasteiger partial charge in [-0.25, -0.2) is 4.39 Å². The van der Waals surface area contributed by atoms with Crippen LogP contribution in [0.5, 0.6) is 0 Å². The molecule has 0 radical (unpaired) electrons. The van der Waals surface area contributed by atoms with Crippen LogP contribution in [0.4, 0.5) is 4.39 Å². The molecule has 3 rings (SSSR count). The third-order valence-electron chi connectivity index (χ3n) is 3.98. The maximum Gasteiger partial charge on any atom is 0.243 e. The molecule has 1 fully saturated rings. The summed E-state index contributed by atoms with van der Waals surface area (Å²) >= 11 is 0. The molecule has 2 aromatic rings. The van der Waals surface area contributed by atoms with E-state index in [1.165, 1.54) is 12.1 Å². The van der Waals surface area contributed by atoms with Gasteiger partial charge in [0.25, 0.3) is 0 Å². The van der Waals surface area contributed by atoms with E-state index in [-0.39, 0.29) is 11.9 Å². The minimum atomic E-state index is -0.446. The van der Waals surface area contributed by atoms with Gasteiger partial charge in [-0.05, 0) is 50.3 Å². The van der Waals surface area contributed by atoms with Gasteiger partial charge in [-0.15, -0.1) is 0 Å². The minimum Gasteiger partial charge on any atom is -0.338 e. The van der Waals surface area contributed by atoms with E-state index in [9.17, 15) is 4.39 Å². The van der Waals surface area contributed by atoms with E-state index in [4.69, 9.17) is 10.3 Å². The second kappa shape index (κ2) is 4.66. The van der Waals surface area contributed by atoms with Crippen molar-refractivity contribution in [2.75, 3.05) is 0 Å². The number of benzene rings is 1. The van der Waals surface area contributed by atoms with Crippen LogP contribution < -0.4 is 5.73 Å². The lowest BCUT2D eigenvalue weighted by Gasteiger charge is -2.20. The molecule has 0 saturated heterocycles. The monoisotopic (exact) mass is 275 g/mol. The maximum absolute atomic E-state index is 13.0. The third-order valence-corrected chi connectivity index (χ3v) is 3.98. The number of nitrogens with zero attached hydrogens (tertiary/aromatic N) is 2. The zero-order valence-corrected chi connectivity index (χ0v) is 11.6. The molecule has 4 nitrogen and oxygen atoms in total. The Morgan fingerprint density at radius 3 is 2.55 bits per heavy atom. The van der Waals surface area contributed by atoms with Gasteiger partial charge in [0, 0.05) is 0 Å². The zero-order chi connectivity index (χ0) is 14.3. The highest BCUT2D eigenvalue weighted by Gasteiger charge is 2.35. The lowest BCUT2D eigenvalue weighted by atomic mass is 9.84. The molecular formula is C15H18FN3O. The molecule has 1 atom stereocenters. The van der Waals surface area contributed by atoms with Crippen molar-refractivity contribution in [3.63, 3.8) is 0 Å². The van der Waals surface area contributed by atoms with E-state index >= 15 is 0 Å². The molecule has 106 valence electrons. The van der Waals surface area contributed by atoms with Crippen molar-refractivity contribution in [2.45, 2.75) is 38.1 Å². The van der Waals surface area contributed by atoms with E-state index in [1.54, 1.807) is 12.1 Å². The van der Waals surface area contributed by atoms with E-state index in [2.05, 4.69) is 10.1 Å². The normalized spacial score (nSPS) is 17.2. The molecule has 1 aliphatic carbocycles. The summed E-state index contributed by atoms with van der Waals surface area (Å²) in [5.41, 5.74) is 6.56. The largest absolute Gasteiger partial charge is 0.338 e. The Morgan fingerprint density at radius 2 is 1.95 bits per heavy atom. The number of hydrogen-bond acceptors (Lipinski definition) is 4. The molecule has 0 bridgehead atoms. The lowest BCUT2D eigenvalue weighted by Crippen LogP contribution is -2.21. The fourth-order valence-corrected chi connectivity index (χ4v) is 2.28. The van der Waals surface area contributed by atoms with Crippen molar-refractivity contribution in [1.82, 2.24) is 10.1 Å². The smallest absolute Gasteiger partial charge is 0.243 e. The molecule has 1 heterocycles. The van der Waals surface area contributed by atoms with Gasteiger partial charge in [-0.3, -0.25) is 0 Å². The summed E-state index contributed by atoms with van der Waals surface area (Å²) in [7, 11) is 0. The van der Waals surface area contributed by atoms with Crippen LogP contribution >= 0.6 is 0 Å². The van der Waals surface area contributed by atoms with Crippen molar-refractivity contribution in [3.8, 4) is 0 Å². The summed E-state index contributed by atoms with van der Waals surface area (Å²) in [4.78, 5) is 4.45. The fraction of sp³-hybridized carbons (Fsp3) is 0.467. The fourth-order valence-electron chi connectivity index (χ4n) is 2.28. The first-order chi connectivity index (χ1) is 9.48. The van der Waals surface area contributed by atoms with Crippen LogP contribution in [-0.2, 0) is 5.41 Å². The Hall–Kier alpha value is -1.75. The van der Waals surface area contributed by atoms with E-state index in [1.807, 2.05) is 13.8 Å². The van der Waals surface area contributed by atoms with Gasteiger partial charge in [0.2, 0.25) is 5.89 Å². The van der Waals surface area contributed by atoms with E-state index in [0.717, 1.165) is 18.4 Å². The van der Waals surface area contributed by atoms with Crippen LogP contribution in [0.25, 0.3) is 0 Å². The second-order valence-electron chi connectivity index (χ2n) is 5.95. The summed E-state index contributed by atoms with van der Waals surface area (Å²) in [6.07, 6.45) is 2.25. The molecule has 1 saturated carbocycles. The van der Waals surface area contributed by atoms with Gasteiger partial charge in [-0.2, -0.15) is 4.98 Å². The molecule has 1 aliphatic rings. The Kier molecular flexibility index (Phi) is 3.09. The number of aromatic nitrogens is 2.